The van der Waals surface area contributed by atoms with Gasteiger partial charge in [-0.25, -0.2) is 4.98 Å². The number of hydrogen-bond donors (Lipinski definition) is 2. The smallest absolute Gasteiger partial charge is 0.0960 e. The van der Waals surface area contributed by atoms with Crippen LogP contribution in [-0.4, -0.2) is 31.7 Å². The Morgan fingerprint density at radius 1 is 1.53 bits per heavy atom. The molecule has 0 aromatic carbocycles. The first-order chi connectivity index (χ1) is 7.40. The van der Waals surface area contributed by atoms with Crippen molar-refractivity contribution in [3.8, 4) is 0 Å². The number of likely N-dealkylation sites (N-methyl/N-ethyl adjacent to an activating group) is 1. The number of nitrogens with one attached hydrogen (secondary N) is 2. The Kier molecular flexibility index (Phi) is 4.11. The molecule has 0 saturated carbocycles. The summed E-state index contributed by atoms with van der Waals surface area (Å²) in [6.07, 6.45) is 3.55. The van der Waals surface area contributed by atoms with Gasteiger partial charge in [-0.1, -0.05) is 0 Å². The fraction of sp³-hybridized carbons (Fsp3) is 0.727. The van der Waals surface area contributed by atoms with Crippen molar-refractivity contribution in [2.75, 3.05) is 26.7 Å². The summed E-state index contributed by atoms with van der Waals surface area (Å²) >= 11 is 1.84. The SMILES string of the molecule is CNCCc1csc(C2CCNCC2)n1. The van der Waals surface area contributed by atoms with Crippen LogP contribution in [0.25, 0.3) is 0 Å². The van der Waals surface area contributed by atoms with Crippen LogP contribution in [0.4, 0.5) is 0 Å². The molecule has 1 saturated heterocycles. The molecule has 1 aliphatic rings. The van der Waals surface area contributed by atoms with Crippen LogP contribution >= 0.6 is 11.3 Å². The molecule has 1 aromatic heterocycles. The Morgan fingerprint density at radius 2 is 2.33 bits per heavy atom. The molecule has 1 aromatic rings. The molecule has 2 rings (SSSR count). The van der Waals surface area contributed by atoms with Gasteiger partial charge in [-0.05, 0) is 33.0 Å². The Balaban J connectivity index is 1.93. The summed E-state index contributed by atoms with van der Waals surface area (Å²) in [5.74, 6) is 0.708. The monoisotopic (exact) mass is 225 g/mol. The van der Waals surface area contributed by atoms with Crippen LogP contribution in [0, 0.1) is 0 Å². The first-order valence-corrected chi connectivity index (χ1v) is 6.57. The molecule has 84 valence electrons. The second-order valence-corrected chi connectivity index (χ2v) is 4.94. The van der Waals surface area contributed by atoms with Crippen LogP contribution in [0.3, 0.4) is 0 Å². The summed E-state index contributed by atoms with van der Waals surface area (Å²) < 4.78 is 0. The molecular weight excluding hydrogens is 206 g/mol. The second kappa shape index (κ2) is 5.58. The van der Waals surface area contributed by atoms with E-state index in [1.54, 1.807) is 0 Å². The van der Waals surface area contributed by atoms with Crippen molar-refractivity contribution in [2.45, 2.75) is 25.2 Å². The normalized spacial score (nSPS) is 18.2. The van der Waals surface area contributed by atoms with Gasteiger partial charge in [0.2, 0.25) is 0 Å². The van der Waals surface area contributed by atoms with Gasteiger partial charge in [-0.15, -0.1) is 11.3 Å². The van der Waals surface area contributed by atoms with E-state index in [2.05, 4.69) is 16.0 Å². The first-order valence-electron chi connectivity index (χ1n) is 5.70. The highest BCUT2D eigenvalue weighted by atomic mass is 32.1. The highest BCUT2D eigenvalue weighted by Crippen LogP contribution is 2.27. The van der Waals surface area contributed by atoms with Crippen LogP contribution in [0.5, 0.6) is 0 Å². The van der Waals surface area contributed by atoms with Crippen LogP contribution in [0.15, 0.2) is 5.38 Å². The number of hydrogen-bond acceptors (Lipinski definition) is 4. The molecule has 0 unspecified atom stereocenters. The van der Waals surface area contributed by atoms with Crippen molar-refractivity contribution in [3.63, 3.8) is 0 Å². The van der Waals surface area contributed by atoms with Gasteiger partial charge in [0.25, 0.3) is 0 Å². The molecule has 0 atom stereocenters. The minimum absolute atomic E-state index is 0.708. The van der Waals surface area contributed by atoms with E-state index in [1.165, 1.54) is 23.5 Å². The molecule has 2 N–H and O–H groups in total. The highest BCUT2D eigenvalue weighted by Gasteiger charge is 2.18. The van der Waals surface area contributed by atoms with Crippen molar-refractivity contribution in [2.24, 2.45) is 0 Å². The summed E-state index contributed by atoms with van der Waals surface area (Å²) in [6, 6.07) is 0. The Morgan fingerprint density at radius 3 is 3.07 bits per heavy atom. The van der Waals surface area contributed by atoms with Gasteiger partial charge in [0, 0.05) is 24.3 Å². The van der Waals surface area contributed by atoms with E-state index in [1.807, 2.05) is 18.4 Å². The van der Waals surface area contributed by atoms with E-state index >= 15 is 0 Å². The van der Waals surface area contributed by atoms with Crippen LogP contribution in [-0.2, 0) is 6.42 Å². The van der Waals surface area contributed by atoms with Crippen molar-refractivity contribution >= 4 is 11.3 Å². The van der Waals surface area contributed by atoms with Crippen LogP contribution < -0.4 is 10.6 Å². The number of rotatable bonds is 4. The van der Waals surface area contributed by atoms with Gasteiger partial charge >= 0.3 is 0 Å². The third-order valence-electron chi connectivity index (χ3n) is 2.89. The summed E-state index contributed by atoms with van der Waals surface area (Å²) in [6.45, 7) is 3.32. The number of nitrogens with zero attached hydrogens (tertiary/aromatic N) is 1. The number of piperidine rings is 1. The molecule has 0 amide bonds. The molecule has 2 heterocycles. The summed E-state index contributed by atoms with van der Waals surface area (Å²) in [5.41, 5.74) is 1.25. The molecule has 1 fully saturated rings. The van der Waals surface area contributed by atoms with Gasteiger partial charge in [0.05, 0.1) is 10.7 Å². The van der Waals surface area contributed by atoms with E-state index < -0.39 is 0 Å². The van der Waals surface area contributed by atoms with Crippen LogP contribution in [0.1, 0.15) is 29.5 Å². The third kappa shape index (κ3) is 3.00. The maximum Gasteiger partial charge on any atom is 0.0960 e. The van der Waals surface area contributed by atoms with Gasteiger partial charge in [0.15, 0.2) is 0 Å². The van der Waals surface area contributed by atoms with Crippen molar-refractivity contribution in [1.29, 1.82) is 0 Å². The zero-order chi connectivity index (χ0) is 10.5. The number of thiazole rings is 1. The zero-order valence-corrected chi connectivity index (χ0v) is 10.1. The largest absolute Gasteiger partial charge is 0.319 e. The quantitative estimate of drug-likeness (QED) is 0.812. The average molecular weight is 225 g/mol. The molecule has 4 heteroatoms. The maximum atomic E-state index is 4.72. The lowest BCUT2D eigenvalue weighted by Gasteiger charge is -2.20. The average Bonchev–Trinajstić information content (AvgIpc) is 2.76. The molecule has 0 radical (unpaired) electrons. The lowest BCUT2D eigenvalue weighted by Crippen LogP contribution is -2.26. The van der Waals surface area contributed by atoms with E-state index in [-0.39, 0.29) is 0 Å². The lowest BCUT2D eigenvalue weighted by atomic mass is 9.99. The van der Waals surface area contributed by atoms with Gasteiger partial charge in [0.1, 0.15) is 0 Å². The second-order valence-electron chi connectivity index (χ2n) is 4.05. The lowest BCUT2D eigenvalue weighted by molar-refractivity contribution is 0.458. The molecule has 0 bridgehead atoms. The fourth-order valence-corrected chi connectivity index (χ4v) is 2.97. The number of aromatic nitrogens is 1. The molecule has 0 spiro atoms. The molecular formula is C11H19N3S. The Bertz CT molecular complexity index is 292. The van der Waals surface area contributed by atoms with E-state index in [9.17, 15) is 0 Å². The third-order valence-corrected chi connectivity index (χ3v) is 3.95. The first kappa shape index (κ1) is 11.0. The summed E-state index contributed by atoms with van der Waals surface area (Å²) in [7, 11) is 1.99. The summed E-state index contributed by atoms with van der Waals surface area (Å²) in [5, 5.41) is 10.1. The Labute approximate surface area is 95.3 Å². The van der Waals surface area contributed by atoms with Crippen molar-refractivity contribution < 1.29 is 0 Å². The van der Waals surface area contributed by atoms with Crippen LogP contribution in [0.2, 0.25) is 0 Å². The molecule has 15 heavy (non-hydrogen) atoms. The minimum atomic E-state index is 0.708. The highest BCUT2D eigenvalue weighted by molar-refractivity contribution is 7.09. The summed E-state index contributed by atoms with van der Waals surface area (Å²) in [4.78, 5) is 4.72. The standard InChI is InChI=1S/C11H19N3S/c1-12-5-4-10-8-15-11(14-10)9-2-6-13-7-3-9/h8-9,12-13H,2-7H2,1H3. The molecule has 1 aliphatic heterocycles. The van der Waals surface area contributed by atoms with E-state index in [0.717, 1.165) is 26.1 Å². The van der Waals surface area contributed by atoms with E-state index in [0.29, 0.717) is 5.92 Å². The van der Waals surface area contributed by atoms with Gasteiger partial charge < -0.3 is 10.6 Å². The zero-order valence-electron chi connectivity index (χ0n) is 9.25. The predicted octanol–water partition coefficient (Wildman–Crippen LogP) is 1.37. The van der Waals surface area contributed by atoms with Crippen molar-refractivity contribution in [3.05, 3.63) is 16.1 Å². The van der Waals surface area contributed by atoms with Gasteiger partial charge in [-0.2, -0.15) is 0 Å². The molecule has 0 aliphatic carbocycles. The topological polar surface area (TPSA) is 37.0 Å². The fourth-order valence-electron chi connectivity index (χ4n) is 1.95. The minimum Gasteiger partial charge on any atom is -0.319 e. The Hall–Kier alpha value is -0.450. The van der Waals surface area contributed by atoms with Gasteiger partial charge in [-0.3, -0.25) is 0 Å². The molecule has 3 nitrogen and oxygen atoms in total. The predicted molar refractivity (Wildman–Crippen MR) is 64.6 cm³/mol. The maximum absolute atomic E-state index is 4.72. The van der Waals surface area contributed by atoms with Crippen molar-refractivity contribution in [1.82, 2.24) is 15.6 Å². The van der Waals surface area contributed by atoms with E-state index in [4.69, 9.17) is 4.98 Å².